The van der Waals surface area contributed by atoms with Crippen LogP contribution < -0.4 is 15.5 Å². The summed E-state index contributed by atoms with van der Waals surface area (Å²) >= 11 is 0. The molecule has 3 aromatic rings. The fraction of sp³-hybridized carbons (Fsp3) is 0.350. The smallest absolute Gasteiger partial charge is 0.200 e. The van der Waals surface area contributed by atoms with E-state index in [0.717, 1.165) is 5.56 Å². The molecule has 0 radical (unpaired) electrons. The molecule has 0 saturated carbocycles. The molecule has 0 aliphatic heterocycles. The maximum atomic E-state index is 12.6. The molecule has 132 valence electrons. The van der Waals surface area contributed by atoms with Crippen LogP contribution in [0.5, 0.6) is 5.75 Å². The van der Waals surface area contributed by atoms with Crippen LogP contribution in [0.25, 0.3) is 21.9 Å². The van der Waals surface area contributed by atoms with Crippen molar-refractivity contribution in [2.75, 3.05) is 13.2 Å². The third-order valence-corrected chi connectivity index (χ3v) is 4.00. The van der Waals surface area contributed by atoms with Gasteiger partial charge in [-0.1, -0.05) is 25.5 Å². The average Bonchev–Trinajstić information content (AvgIpc) is 2.59. The SMILES string of the molecule is Cc1ccc2oc3cc(OCC(O)CNC(C)C)ccc3c(=O)c2c1. The van der Waals surface area contributed by atoms with Gasteiger partial charge in [0.1, 0.15) is 29.6 Å². The topological polar surface area (TPSA) is 71.7 Å². The molecule has 25 heavy (non-hydrogen) atoms. The first-order valence-electron chi connectivity index (χ1n) is 8.45. The van der Waals surface area contributed by atoms with Gasteiger partial charge in [0.2, 0.25) is 5.43 Å². The Morgan fingerprint density at radius 3 is 2.68 bits per heavy atom. The van der Waals surface area contributed by atoms with E-state index in [1.165, 1.54) is 0 Å². The van der Waals surface area contributed by atoms with Gasteiger partial charge in [-0.15, -0.1) is 0 Å². The van der Waals surface area contributed by atoms with Gasteiger partial charge in [-0.25, -0.2) is 0 Å². The monoisotopic (exact) mass is 341 g/mol. The molecule has 2 aromatic carbocycles. The lowest BCUT2D eigenvalue weighted by atomic mass is 10.1. The maximum absolute atomic E-state index is 12.6. The van der Waals surface area contributed by atoms with Gasteiger partial charge in [0.05, 0.1) is 10.8 Å². The van der Waals surface area contributed by atoms with Crippen LogP contribution in [0.3, 0.4) is 0 Å². The Morgan fingerprint density at radius 2 is 1.92 bits per heavy atom. The van der Waals surface area contributed by atoms with E-state index in [-0.39, 0.29) is 12.0 Å². The first-order chi connectivity index (χ1) is 11.9. The Balaban J connectivity index is 1.84. The number of rotatable bonds is 6. The zero-order valence-corrected chi connectivity index (χ0v) is 14.7. The second-order valence-corrected chi connectivity index (χ2v) is 6.62. The second kappa shape index (κ2) is 7.25. The predicted octanol–water partition coefficient (Wildman–Crippen LogP) is 2.99. The molecule has 1 unspecified atom stereocenters. The highest BCUT2D eigenvalue weighted by molar-refractivity contribution is 5.90. The van der Waals surface area contributed by atoms with Crippen molar-refractivity contribution >= 4 is 21.9 Å². The number of aliphatic hydroxyl groups excluding tert-OH is 1. The van der Waals surface area contributed by atoms with Crippen LogP contribution in [-0.2, 0) is 0 Å². The van der Waals surface area contributed by atoms with Gasteiger partial charge in [-0.2, -0.15) is 0 Å². The van der Waals surface area contributed by atoms with Gasteiger partial charge in [0.15, 0.2) is 0 Å². The summed E-state index contributed by atoms with van der Waals surface area (Å²) in [4.78, 5) is 12.6. The predicted molar refractivity (Wildman–Crippen MR) is 99.4 cm³/mol. The molecule has 0 spiro atoms. The highest BCUT2D eigenvalue weighted by Gasteiger charge is 2.10. The Kier molecular flexibility index (Phi) is 5.06. The number of nitrogens with one attached hydrogen (secondary N) is 1. The van der Waals surface area contributed by atoms with Crippen molar-refractivity contribution in [3.63, 3.8) is 0 Å². The quantitative estimate of drug-likeness (QED) is 0.675. The third-order valence-electron chi connectivity index (χ3n) is 4.00. The zero-order valence-electron chi connectivity index (χ0n) is 14.7. The van der Waals surface area contributed by atoms with Crippen molar-refractivity contribution < 1.29 is 14.3 Å². The first-order valence-corrected chi connectivity index (χ1v) is 8.45. The second-order valence-electron chi connectivity index (χ2n) is 6.62. The van der Waals surface area contributed by atoms with Crippen molar-refractivity contribution in [2.24, 2.45) is 0 Å². The fourth-order valence-corrected chi connectivity index (χ4v) is 2.66. The lowest BCUT2D eigenvalue weighted by molar-refractivity contribution is 0.104. The van der Waals surface area contributed by atoms with Gasteiger partial charge in [-0.3, -0.25) is 4.79 Å². The van der Waals surface area contributed by atoms with Crippen LogP contribution in [0.1, 0.15) is 19.4 Å². The lowest BCUT2D eigenvalue weighted by Crippen LogP contribution is -2.35. The number of aryl methyl sites for hydroxylation is 1. The number of hydrogen-bond donors (Lipinski definition) is 2. The van der Waals surface area contributed by atoms with Crippen LogP contribution in [0.2, 0.25) is 0 Å². The third kappa shape index (κ3) is 4.00. The molecule has 0 fully saturated rings. The fourth-order valence-electron chi connectivity index (χ4n) is 2.66. The van der Waals surface area contributed by atoms with Gasteiger partial charge in [0, 0.05) is 18.7 Å². The Labute approximate surface area is 146 Å². The summed E-state index contributed by atoms with van der Waals surface area (Å²) in [5.74, 6) is 0.561. The Bertz CT molecular complexity index is 945. The number of aliphatic hydroxyl groups is 1. The summed E-state index contributed by atoms with van der Waals surface area (Å²) in [5, 5.41) is 14.2. The first kappa shape index (κ1) is 17.5. The Hall–Kier alpha value is -2.37. The molecule has 0 aliphatic rings. The van der Waals surface area contributed by atoms with E-state index in [4.69, 9.17) is 9.15 Å². The molecular weight excluding hydrogens is 318 g/mol. The molecule has 1 aromatic heterocycles. The van der Waals surface area contributed by atoms with Crippen molar-refractivity contribution in [2.45, 2.75) is 32.9 Å². The summed E-state index contributed by atoms with van der Waals surface area (Å²) in [6.07, 6.45) is -0.607. The van der Waals surface area contributed by atoms with Crippen LogP contribution in [0.4, 0.5) is 0 Å². The standard InChI is InChI=1S/C20H23NO4/c1-12(2)21-10-14(22)11-24-15-5-6-16-19(9-15)25-18-7-4-13(3)8-17(18)20(16)23/h4-9,12,14,21-22H,10-11H2,1-3H3. The van der Waals surface area contributed by atoms with E-state index in [1.54, 1.807) is 24.3 Å². The van der Waals surface area contributed by atoms with Crippen LogP contribution in [0.15, 0.2) is 45.6 Å². The maximum Gasteiger partial charge on any atom is 0.200 e. The molecule has 0 saturated heterocycles. The summed E-state index contributed by atoms with van der Waals surface area (Å²) in [7, 11) is 0. The largest absolute Gasteiger partial charge is 0.491 e. The molecule has 0 bridgehead atoms. The minimum Gasteiger partial charge on any atom is -0.491 e. The van der Waals surface area contributed by atoms with E-state index in [9.17, 15) is 9.90 Å². The van der Waals surface area contributed by atoms with Crippen molar-refractivity contribution in [3.8, 4) is 5.75 Å². The average molecular weight is 341 g/mol. The highest BCUT2D eigenvalue weighted by Crippen LogP contribution is 2.23. The van der Waals surface area contributed by atoms with Crippen molar-refractivity contribution in [3.05, 3.63) is 52.2 Å². The number of ether oxygens (including phenoxy) is 1. The van der Waals surface area contributed by atoms with Crippen molar-refractivity contribution in [1.29, 1.82) is 0 Å². The summed E-state index contributed by atoms with van der Waals surface area (Å²) in [6, 6.07) is 11.0. The summed E-state index contributed by atoms with van der Waals surface area (Å²) < 4.78 is 11.5. The molecule has 1 atom stereocenters. The normalized spacial score (nSPS) is 12.8. The molecule has 0 amide bonds. The number of benzene rings is 2. The molecule has 1 heterocycles. The highest BCUT2D eigenvalue weighted by atomic mass is 16.5. The number of fused-ring (bicyclic) bond motifs is 2. The van der Waals surface area contributed by atoms with E-state index in [2.05, 4.69) is 5.32 Å². The van der Waals surface area contributed by atoms with E-state index in [1.807, 2.05) is 32.9 Å². The lowest BCUT2D eigenvalue weighted by Gasteiger charge is -2.15. The Morgan fingerprint density at radius 1 is 1.12 bits per heavy atom. The molecule has 3 rings (SSSR count). The van der Waals surface area contributed by atoms with E-state index >= 15 is 0 Å². The van der Waals surface area contributed by atoms with Gasteiger partial charge >= 0.3 is 0 Å². The molecular formula is C20H23NO4. The minimum atomic E-state index is -0.607. The molecule has 2 N–H and O–H groups in total. The van der Waals surface area contributed by atoms with E-state index < -0.39 is 6.10 Å². The summed E-state index contributed by atoms with van der Waals surface area (Å²) in [5.41, 5.74) is 2.01. The van der Waals surface area contributed by atoms with Gasteiger partial charge < -0.3 is 19.6 Å². The molecule has 5 heteroatoms. The zero-order chi connectivity index (χ0) is 18.0. The summed E-state index contributed by atoms with van der Waals surface area (Å²) in [6.45, 7) is 6.61. The van der Waals surface area contributed by atoms with Crippen molar-refractivity contribution in [1.82, 2.24) is 5.32 Å². The molecule has 5 nitrogen and oxygen atoms in total. The molecule has 0 aliphatic carbocycles. The van der Waals surface area contributed by atoms with Crippen LogP contribution in [0, 0.1) is 6.92 Å². The van der Waals surface area contributed by atoms with Crippen LogP contribution in [-0.4, -0.2) is 30.4 Å². The minimum absolute atomic E-state index is 0.0485. The van der Waals surface area contributed by atoms with Gasteiger partial charge in [0.25, 0.3) is 0 Å². The van der Waals surface area contributed by atoms with Crippen LogP contribution >= 0.6 is 0 Å². The van der Waals surface area contributed by atoms with E-state index in [0.29, 0.717) is 40.3 Å². The van der Waals surface area contributed by atoms with Gasteiger partial charge in [-0.05, 0) is 31.2 Å². The number of hydrogen-bond acceptors (Lipinski definition) is 5.